The van der Waals surface area contributed by atoms with E-state index in [1.54, 1.807) is 6.26 Å². The van der Waals surface area contributed by atoms with Crippen molar-refractivity contribution in [3.63, 3.8) is 0 Å². The molecule has 4 nitrogen and oxygen atoms in total. The lowest BCUT2D eigenvalue weighted by Crippen LogP contribution is -2.42. The minimum Gasteiger partial charge on any atom is -0.465 e. The van der Waals surface area contributed by atoms with Gasteiger partial charge in [0.1, 0.15) is 0 Å². The van der Waals surface area contributed by atoms with E-state index < -0.39 is 36.4 Å². The van der Waals surface area contributed by atoms with Gasteiger partial charge < -0.3 is 15.5 Å². The van der Waals surface area contributed by atoms with Crippen LogP contribution in [0.1, 0.15) is 17.0 Å². The van der Waals surface area contributed by atoms with Crippen molar-refractivity contribution >= 4 is 17.9 Å². The standard InChI is InChI=1S/C13H16F3NO3S/c1-21-7-10(11(6-18)17-12(19)20)8-2-4-9(5-3-8)13(14,15)16/h2-5,10-11,17-18H,6-7H2,1H3,(H,19,20)/t10-,11+/m0/s1. The van der Waals surface area contributed by atoms with E-state index in [4.69, 9.17) is 5.11 Å². The average Bonchev–Trinajstić information content (AvgIpc) is 2.41. The molecule has 0 unspecified atom stereocenters. The summed E-state index contributed by atoms with van der Waals surface area (Å²) < 4.78 is 37.6. The molecule has 0 fully saturated rings. The minimum absolute atomic E-state index is 0.414. The van der Waals surface area contributed by atoms with Crippen molar-refractivity contribution in [3.05, 3.63) is 35.4 Å². The second kappa shape index (κ2) is 7.56. The summed E-state index contributed by atoms with van der Waals surface area (Å²) >= 11 is 1.42. The predicted octanol–water partition coefficient (Wildman–Crippen LogP) is 2.78. The Kier molecular flexibility index (Phi) is 6.35. The SMILES string of the molecule is CSC[C@@H](c1ccc(C(F)(F)F)cc1)[C@@H](CO)NC(=O)O. The van der Waals surface area contributed by atoms with Crippen molar-refractivity contribution in [1.82, 2.24) is 5.32 Å². The number of nitrogens with one attached hydrogen (secondary N) is 1. The smallest absolute Gasteiger partial charge is 0.416 e. The van der Waals surface area contributed by atoms with E-state index in [-0.39, 0.29) is 0 Å². The summed E-state index contributed by atoms with van der Waals surface area (Å²) in [6.45, 7) is -0.432. The van der Waals surface area contributed by atoms with Crippen LogP contribution in [-0.4, -0.2) is 41.0 Å². The first-order chi connectivity index (χ1) is 9.79. The number of amides is 1. The normalized spacial score (nSPS) is 14.5. The number of aliphatic hydroxyl groups excluding tert-OH is 1. The molecule has 0 aliphatic heterocycles. The van der Waals surface area contributed by atoms with Gasteiger partial charge >= 0.3 is 12.3 Å². The van der Waals surface area contributed by atoms with Gasteiger partial charge in [0, 0.05) is 11.7 Å². The first-order valence-corrected chi connectivity index (χ1v) is 7.45. The lowest BCUT2D eigenvalue weighted by atomic mass is 9.92. The average molecular weight is 323 g/mol. The third kappa shape index (κ3) is 5.13. The summed E-state index contributed by atoms with van der Waals surface area (Å²) in [5.74, 6) is 0.0556. The van der Waals surface area contributed by atoms with Crippen LogP contribution in [-0.2, 0) is 6.18 Å². The molecule has 1 rings (SSSR count). The Labute approximate surface area is 124 Å². The number of halogens is 3. The van der Waals surface area contributed by atoms with Crippen LogP contribution in [0.25, 0.3) is 0 Å². The van der Waals surface area contributed by atoms with Crippen molar-refractivity contribution in [2.24, 2.45) is 0 Å². The maximum Gasteiger partial charge on any atom is 0.416 e. The van der Waals surface area contributed by atoms with E-state index >= 15 is 0 Å². The van der Waals surface area contributed by atoms with E-state index in [0.717, 1.165) is 12.1 Å². The van der Waals surface area contributed by atoms with Crippen molar-refractivity contribution in [3.8, 4) is 0 Å². The Morgan fingerprint density at radius 2 is 1.90 bits per heavy atom. The highest BCUT2D eigenvalue weighted by atomic mass is 32.2. The molecule has 0 aromatic heterocycles. The number of hydrogen-bond acceptors (Lipinski definition) is 3. The molecular formula is C13H16F3NO3S. The van der Waals surface area contributed by atoms with Crippen molar-refractivity contribution in [2.75, 3.05) is 18.6 Å². The Morgan fingerprint density at radius 1 is 1.33 bits per heavy atom. The highest BCUT2D eigenvalue weighted by Gasteiger charge is 2.31. The molecule has 0 aliphatic rings. The summed E-state index contributed by atoms with van der Waals surface area (Å²) in [4.78, 5) is 10.7. The second-order valence-electron chi connectivity index (χ2n) is 4.42. The third-order valence-electron chi connectivity index (χ3n) is 3.00. The fourth-order valence-corrected chi connectivity index (χ4v) is 2.76. The van der Waals surface area contributed by atoms with Crippen molar-refractivity contribution in [2.45, 2.75) is 18.1 Å². The molecule has 0 saturated carbocycles. The zero-order valence-corrected chi connectivity index (χ0v) is 12.0. The molecule has 0 aliphatic carbocycles. The van der Waals surface area contributed by atoms with Gasteiger partial charge in [0.25, 0.3) is 0 Å². The van der Waals surface area contributed by atoms with Crippen LogP contribution >= 0.6 is 11.8 Å². The number of carboxylic acid groups (broad SMARTS) is 1. The van der Waals surface area contributed by atoms with Crippen LogP contribution in [0.15, 0.2) is 24.3 Å². The molecule has 0 bridgehead atoms. The van der Waals surface area contributed by atoms with Gasteiger partial charge in [-0.3, -0.25) is 0 Å². The number of carbonyl (C=O) groups is 1. The zero-order chi connectivity index (χ0) is 16.0. The molecule has 0 radical (unpaired) electrons. The first-order valence-electron chi connectivity index (χ1n) is 6.06. The summed E-state index contributed by atoms with van der Waals surface area (Å²) in [5, 5.41) is 20.2. The predicted molar refractivity (Wildman–Crippen MR) is 74.6 cm³/mol. The molecule has 0 saturated heterocycles. The lowest BCUT2D eigenvalue weighted by molar-refractivity contribution is -0.137. The van der Waals surface area contributed by atoms with Gasteiger partial charge in [-0.15, -0.1) is 0 Å². The number of rotatable bonds is 6. The molecule has 8 heteroatoms. The molecular weight excluding hydrogens is 307 g/mol. The Hall–Kier alpha value is -1.41. The molecule has 0 spiro atoms. The van der Waals surface area contributed by atoms with Gasteiger partial charge in [0.05, 0.1) is 18.2 Å². The van der Waals surface area contributed by atoms with E-state index in [1.807, 2.05) is 0 Å². The summed E-state index contributed by atoms with van der Waals surface area (Å²) in [7, 11) is 0. The van der Waals surface area contributed by atoms with Gasteiger partial charge in [-0.05, 0) is 24.0 Å². The van der Waals surface area contributed by atoms with Crippen LogP contribution in [0.3, 0.4) is 0 Å². The Morgan fingerprint density at radius 3 is 2.29 bits per heavy atom. The molecule has 1 aromatic carbocycles. The van der Waals surface area contributed by atoms with E-state index in [1.165, 1.54) is 23.9 Å². The lowest BCUT2D eigenvalue weighted by Gasteiger charge is -2.25. The van der Waals surface area contributed by atoms with Crippen LogP contribution in [0.5, 0.6) is 0 Å². The molecule has 0 heterocycles. The second-order valence-corrected chi connectivity index (χ2v) is 5.33. The monoisotopic (exact) mass is 323 g/mol. The van der Waals surface area contributed by atoms with Crippen LogP contribution in [0, 0.1) is 0 Å². The Bertz CT molecular complexity index is 465. The van der Waals surface area contributed by atoms with Crippen LogP contribution < -0.4 is 5.32 Å². The molecule has 21 heavy (non-hydrogen) atoms. The summed E-state index contributed by atoms with van der Waals surface area (Å²) in [5.41, 5.74) is -0.217. The number of aliphatic hydroxyl groups is 1. The number of benzene rings is 1. The summed E-state index contributed by atoms with van der Waals surface area (Å²) in [6.07, 6.45) is -3.90. The molecule has 2 atom stereocenters. The maximum absolute atomic E-state index is 12.5. The first kappa shape index (κ1) is 17.6. The number of hydrogen-bond donors (Lipinski definition) is 3. The van der Waals surface area contributed by atoms with Gasteiger partial charge in [-0.2, -0.15) is 24.9 Å². The molecule has 118 valence electrons. The third-order valence-corrected chi connectivity index (χ3v) is 3.70. The summed E-state index contributed by atoms with van der Waals surface area (Å²) in [6, 6.07) is 3.77. The van der Waals surface area contributed by atoms with Gasteiger partial charge in [0.2, 0.25) is 0 Å². The fraction of sp³-hybridized carbons (Fsp3) is 0.462. The van der Waals surface area contributed by atoms with Gasteiger partial charge in [-0.25, -0.2) is 4.79 Å². The van der Waals surface area contributed by atoms with E-state index in [9.17, 15) is 23.1 Å². The highest BCUT2D eigenvalue weighted by molar-refractivity contribution is 7.98. The van der Waals surface area contributed by atoms with Crippen molar-refractivity contribution < 1.29 is 28.2 Å². The number of thioether (sulfide) groups is 1. The molecule has 3 N–H and O–H groups in total. The van der Waals surface area contributed by atoms with Gasteiger partial charge in [0.15, 0.2) is 0 Å². The van der Waals surface area contributed by atoms with Crippen LogP contribution in [0.2, 0.25) is 0 Å². The molecule has 1 amide bonds. The maximum atomic E-state index is 12.5. The van der Waals surface area contributed by atoms with E-state index in [0.29, 0.717) is 11.3 Å². The largest absolute Gasteiger partial charge is 0.465 e. The fourth-order valence-electron chi connectivity index (χ4n) is 1.98. The number of alkyl halides is 3. The quantitative estimate of drug-likeness (QED) is 0.753. The Balaban J connectivity index is 3.01. The molecule has 1 aromatic rings. The van der Waals surface area contributed by atoms with Crippen molar-refractivity contribution in [1.29, 1.82) is 0 Å². The van der Waals surface area contributed by atoms with E-state index in [2.05, 4.69) is 5.32 Å². The van der Waals surface area contributed by atoms with Gasteiger partial charge in [-0.1, -0.05) is 12.1 Å². The van der Waals surface area contributed by atoms with Crippen LogP contribution in [0.4, 0.5) is 18.0 Å². The zero-order valence-electron chi connectivity index (χ0n) is 11.2. The topological polar surface area (TPSA) is 69.6 Å². The highest BCUT2D eigenvalue weighted by Crippen LogP contribution is 2.31. The minimum atomic E-state index is -4.41.